The van der Waals surface area contributed by atoms with Gasteiger partial charge in [0.25, 0.3) is 11.1 Å². The number of halogens is 2. The van der Waals surface area contributed by atoms with Crippen LogP contribution >= 0.6 is 27.7 Å². The Morgan fingerprint density at radius 2 is 1.74 bits per heavy atom. The average molecular weight is 548 g/mol. The number of nitrogens with zero attached hydrogens (tertiary/aromatic N) is 1. The molecule has 1 aliphatic rings. The van der Waals surface area contributed by atoms with Crippen molar-refractivity contribution in [2.75, 3.05) is 0 Å². The fourth-order valence-electron chi connectivity index (χ4n) is 3.90. The topological polar surface area (TPSA) is 46.6 Å². The van der Waals surface area contributed by atoms with Crippen molar-refractivity contribution in [3.05, 3.63) is 117 Å². The third-order valence-electron chi connectivity index (χ3n) is 5.62. The SMILES string of the molecule is O=C1S/C(=C/c2ccc(OCc3cccc(F)c3)c(Br)c2)C(=O)N1Cc1cccc2ccccc12. The van der Waals surface area contributed by atoms with Crippen LogP contribution in [0.4, 0.5) is 9.18 Å². The van der Waals surface area contributed by atoms with E-state index in [-0.39, 0.29) is 30.1 Å². The monoisotopic (exact) mass is 547 g/mol. The molecule has 0 unspecified atom stereocenters. The summed E-state index contributed by atoms with van der Waals surface area (Å²) in [5, 5.41) is 1.80. The predicted molar refractivity (Wildman–Crippen MR) is 140 cm³/mol. The van der Waals surface area contributed by atoms with Crippen molar-refractivity contribution in [3.8, 4) is 5.75 Å². The molecule has 0 N–H and O–H groups in total. The molecule has 1 fully saturated rings. The minimum absolute atomic E-state index is 0.222. The molecular weight excluding hydrogens is 529 g/mol. The van der Waals surface area contributed by atoms with Gasteiger partial charge in [0.2, 0.25) is 0 Å². The van der Waals surface area contributed by atoms with E-state index in [1.54, 1.807) is 24.3 Å². The van der Waals surface area contributed by atoms with Gasteiger partial charge >= 0.3 is 0 Å². The number of hydrogen-bond acceptors (Lipinski definition) is 4. The summed E-state index contributed by atoms with van der Waals surface area (Å²) < 4.78 is 19.9. The Labute approximate surface area is 214 Å². The molecule has 4 nitrogen and oxygen atoms in total. The smallest absolute Gasteiger partial charge is 0.293 e. The van der Waals surface area contributed by atoms with Crippen LogP contribution in [-0.2, 0) is 17.9 Å². The van der Waals surface area contributed by atoms with Gasteiger partial charge in [0.05, 0.1) is 15.9 Å². The zero-order valence-electron chi connectivity index (χ0n) is 18.4. The maximum atomic E-state index is 13.4. The third kappa shape index (κ3) is 5.16. The molecule has 0 spiro atoms. The molecule has 0 atom stereocenters. The Kier molecular flexibility index (Phi) is 6.70. The number of amides is 2. The van der Waals surface area contributed by atoms with Crippen molar-refractivity contribution in [3.63, 3.8) is 0 Å². The Morgan fingerprint density at radius 1 is 0.943 bits per heavy atom. The van der Waals surface area contributed by atoms with E-state index in [4.69, 9.17) is 4.74 Å². The van der Waals surface area contributed by atoms with Crippen LogP contribution in [-0.4, -0.2) is 16.0 Å². The minimum Gasteiger partial charge on any atom is -0.488 e. The van der Waals surface area contributed by atoms with Gasteiger partial charge in [-0.15, -0.1) is 0 Å². The molecule has 1 aliphatic heterocycles. The van der Waals surface area contributed by atoms with E-state index < -0.39 is 0 Å². The quantitative estimate of drug-likeness (QED) is 0.234. The van der Waals surface area contributed by atoms with Crippen LogP contribution in [0.1, 0.15) is 16.7 Å². The first-order chi connectivity index (χ1) is 17.0. The van der Waals surface area contributed by atoms with E-state index in [2.05, 4.69) is 15.9 Å². The summed E-state index contributed by atoms with van der Waals surface area (Å²) >= 11 is 4.43. The van der Waals surface area contributed by atoms with E-state index >= 15 is 0 Å². The van der Waals surface area contributed by atoms with Crippen LogP contribution < -0.4 is 4.74 Å². The van der Waals surface area contributed by atoms with Crippen molar-refractivity contribution in [1.29, 1.82) is 0 Å². The van der Waals surface area contributed by atoms with E-state index in [1.165, 1.54) is 17.0 Å². The fraction of sp³-hybridized carbons (Fsp3) is 0.0714. The molecular formula is C28H19BrFNO3S. The minimum atomic E-state index is -0.310. The lowest BCUT2D eigenvalue weighted by atomic mass is 10.0. The molecule has 1 heterocycles. The normalized spacial score (nSPS) is 14.8. The zero-order chi connectivity index (χ0) is 24.4. The van der Waals surface area contributed by atoms with Gasteiger partial charge in [-0.2, -0.15) is 0 Å². The summed E-state index contributed by atoms with van der Waals surface area (Å²) in [6.07, 6.45) is 1.70. The van der Waals surface area contributed by atoms with Crippen molar-refractivity contribution in [2.45, 2.75) is 13.2 Å². The summed E-state index contributed by atoms with van der Waals surface area (Å²) in [5.41, 5.74) is 2.40. The molecule has 35 heavy (non-hydrogen) atoms. The number of carbonyl (C=O) groups is 2. The number of fused-ring (bicyclic) bond motifs is 1. The number of carbonyl (C=O) groups excluding carboxylic acids is 2. The molecule has 174 valence electrons. The Morgan fingerprint density at radius 3 is 2.57 bits per heavy atom. The summed E-state index contributed by atoms with van der Waals surface area (Å²) in [5.74, 6) is -0.0270. The average Bonchev–Trinajstić information content (AvgIpc) is 3.11. The van der Waals surface area contributed by atoms with E-state index in [0.717, 1.165) is 39.2 Å². The van der Waals surface area contributed by atoms with Crippen LogP contribution in [0.3, 0.4) is 0 Å². The van der Waals surface area contributed by atoms with Crippen LogP contribution in [0, 0.1) is 5.82 Å². The molecule has 7 heteroatoms. The highest BCUT2D eigenvalue weighted by atomic mass is 79.9. The molecule has 0 bridgehead atoms. The predicted octanol–water partition coefficient (Wildman–Crippen LogP) is 7.56. The number of hydrogen-bond donors (Lipinski definition) is 0. The van der Waals surface area contributed by atoms with Crippen LogP contribution in [0.15, 0.2) is 94.3 Å². The number of benzene rings is 4. The lowest BCUT2D eigenvalue weighted by molar-refractivity contribution is -0.123. The lowest BCUT2D eigenvalue weighted by Gasteiger charge is -2.14. The molecule has 1 saturated heterocycles. The number of ether oxygens (including phenoxy) is 1. The van der Waals surface area contributed by atoms with Gasteiger partial charge in [0.1, 0.15) is 18.2 Å². The van der Waals surface area contributed by atoms with E-state index in [9.17, 15) is 14.0 Å². The van der Waals surface area contributed by atoms with Gasteiger partial charge in [-0.3, -0.25) is 14.5 Å². The van der Waals surface area contributed by atoms with Gasteiger partial charge in [0.15, 0.2) is 0 Å². The molecule has 0 saturated carbocycles. The van der Waals surface area contributed by atoms with Gasteiger partial charge < -0.3 is 4.74 Å². The molecule has 0 aromatic heterocycles. The maximum Gasteiger partial charge on any atom is 0.293 e. The highest BCUT2D eigenvalue weighted by Gasteiger charge is 2.35. The Bertz CT molecular complexity index is 1480. The summed E-state index contributed by atoms with van der Waals surface area (Å²) in [6, 6.07) is 25.4. The molecule has 5 rings (SSSR count). The molecule has 0 aliphatic carbocycles. The molecule has 0 radical (unpaired) electrons. The first-order valence-electron chi connectivity index (χ1n) is 10.9. The van der Waals surface area contributed by atoms with Gasteiger partial charge in [-0.25, -0.2) is 4.39 Å². The van der Waals surface area contributed by atoms with Gasteiger partial charge in [0, 0.05) is 0 Å². The van der Waals surface area contributed by atoms with E-state index in [0.29, 0.717) is 15.1 Å². The van der Waals surface area contributed by atoms with Crippen molar-refractivity contribution < 1.29 is 18.7 Å². The van der Waals surface area contributed by atoms with Gasteiger partial charge in [-0.1, -0.05) is 60.7 Å². The van der Waals surface area contributed by atoms with Crippen LogP contribution in [0.25, 0.3) is 16.8 Å². The first kappa shape index (κ1) is 23.3. The largest absolute Gasteiger partial charge is 0.488 e. The molecule has 2 amide bonds. The second-order valence-corrected chi connectivity index (χ2v) is 9.86. The molecule has 4 aromatic rings. The van der Waals surface area contributed by atoms with Gasteiger partial charge in [-0.05, 0) is 85.5 Å². The second-order valence-electron chi connectivity index (χ2n) is 8.01. The maximum absolute atomic E-state index is 13.4. The van der Waals surface area contributed by atoms with Crippen molar-refractivity contribution in [2.24, 2.45) is 0 Å². The third-order valence-corrected chi connectivity index (χ3v) is 7.15. The summed E-state index contributed by atoms with van der Waals surface area (Å²) in [4.78, 5) is 27.4. The highest BCUT2D eigenvalue weighted by Crippen LogP contribution is 2.35. The highest BCUT2D eigenvalue weighted by molar-refractivity contribution is 9.10. The summed E-state index contributed by atoms with van der Waals surface area (Å²) in [6.45, 7) is 0.447. The standard InChI is InChI=1S/C28H19BrFNO3S/c29-24-14-18(11-12-25(24)34-17-19-5-3-9-22(30)13-19)15-26-27(32)31(28(33)35-26)16-21-8-4-7-20-6-1-2-10-23(20)21/h1-15H,16-17H2/b26-15+. The Hall–Kier alpha value is -3.42. The number of rotatable bonds is 6. The lowest BCUT2D eigenvalue weighted by Crippen LogP contribution is -2.27. The number of imide groups is 1. The summed E-state index contributed by atoms with van der Waals surface area (Å²) in [7, 11) is 0. The van der Waals surface area contributed by atoms with Crippen molar-refractivity contribution >= 4 is 55.7 Å². The number of thioether (sulfide) groups is 1. The second kappa shape index (κ2) is 10.1. The molecule has 4 aromatic carbocycles. The van der Waals surface area contributed by atoms with Crippen molar-refractivity contribution in [1.82, 2.24) is 4.90 Å². The first-order valence-corrected chi connectivity index (χ1v) is 12.5. The Balaban J connectivity index is 1.31. The zero-order valence-corrected chi connectivity index (χ0v) is 20.8. The van der Waals surface area contributed by atoms with E-state index in [1.807, 2.05) is 54.6 Å². The fourth-order valence-corrected chi connectivity index (χ4v) is 5.25. The van der Waals surface area contributed by atoms with Crippen LogP contribution in [0.2, 0.25) is 0 Å². The van der Waals surface area contributed by atoms with Crippen LogP contribution in [0.5, 0.6) is 5.75 Å².